The zero-order chi connectivity index (χ0) is 27.1. The van der Waals surface area contributed by atoms with E-state index >= 15 is 0 Å². The topological polar surface area (TPSA) is 60.9 Å². The lowest BCUT2D eigenvalue weighted by Crippen LogP contribution is -2.52. The molecule has 0 aromatic heterocycles. The Morgan fingerprint density at radius 3 is 2.21 bits per heavy atom. The van der Waals surface area contributed by atoms with E-state index in [1.54, 1.807) is 5.01 Å². The van der Waals surface area contributed by atoms with Gasteiger partial charge in [-0.05, 0) is 73.4 Å². The number of halogens is 3. The van der Waals surface area contributed by atoms with Gasteiger partial charge in [0.15, 0.2) is 0 Å². The first-order chi connectivity index (χ1) is 18.3. The number of aryl methyl sites for hydroxylation is 2. The maximum absolute atomic E-state index is 13.6. The molecule has 1 heterocycles. The first-order valence-corrected chi connectivity index (χ1v) is 13.9. The van der Waals surface area contributed by atoms with Crippen LogP contribution in [0.3, 0.4) is 0 Å². The molecular formula is C31H35Cl3N2O3. The first kappa shape index (κ1) is 31.0. The van der Waals surface area contributed by atoms with E-state index in [2.05, 4.69) is 0 Å². The van der Waals surface area contributed by atoms with Gasteiger partial charge in [0.1, 0.15) is 0 Å². The van der Waals surface area contributed by atoms with E-state index in [-0.39, 0.29) is 24.7 Å². The van der Waals surface area contributed by atoms with Gasteiger partial charge in [-0.3, -0.25) is 14.6 Å². The molecule has 39 heavy (non-hydrogen) atoms. The van der Waals surface area contributed by atoms with Crippen LogP contribution in [0, 0.1) is 0 Å². The fraction of sp³-hybridized carbons (Fsp3) is 0.355. The predicted octanol–water partition coefficient (Wildman–Crippen LogP) is 7.48. The number of carboxylic acids is 1. The number of nitrogens with zero attached hydrogens (tertiary/aromatic N) is 2. The molecule has 1 aliphatic heterocycles. The van der Waals surface area contributed by atoms with Crippen LogP contribution in [0.25, 0.3) is 0 Å². The van der Waals surface area contributed by atoms with Crippen LogP contribution in [0.15, 0.2) is 72.8 Å². The molecule has 4 rings (SSSR count). The van der Waals surface area contributed by atoms with Crippen LogP contribution in [0.4, 0.5) is 0 Å². The third-order valence-corrected chi connectivity index (χ3v) is 8.42. The van der Waals surface area contributed by atoms with Crippen LogP contribution in [-0.2, 0) is 23.1 Å². The number of rotatable bonds is 10. The second-order valence-corrected chi connectivity index (χ2v) is 10.9. The van der Waals surface area contributed by atoms with Crippen molar-refractivity contribution in [2.45, 2.75) is 50.4 Å². The number of hydrogen-bond donors (Lipinski definition) is 1. The Labute approximate surface area is 247 Å². The van der Waals surface area contributed by atoms with E-state index in [1.807, 2.05) is 84.9 Å². The normalized spacial score (nSPS) is 14.8. The minimum absolute atomic E-state index is 0. The van der Waals surface area contributed by atoms with Crippen molar-refractivity contribution < 1.29 is 14.7 Å². The highest BCUT2D eigenvalue weighted by Crippen LogP contribution is 2.39. The van der Waals surface area contributed by atoms with Crippen LogP contribution in [0.2, 0.25) is 10.0 Å². The molecule has 0 bridgehead atoms. The Bertz CT molecular complexity index is 1260. The average molecular weight is 590 g/mol. The summed E-state index contributed by atoms with van der Waals surface area (Å²) in [5.74, 6) is -0.824. The summed E-state index contributed by atoms with van der Waals surface area (Å²) in [6, 6.07) is 23.5. The lowest BCUT2D eigenvalue weighted by Gasteiger charge is -2.44. The summed E-state index contributed by atoms with van der Waals surface area (Å²) in [4.78, 5) is 25.3. The zero-order valence-corrected chi connectivity index (χ0v) is 24.4. The van der Waals surface area contributed by atoms with E-state index in [1.165, 1.54) is 0 Å². The molecule has 0 aliphatic carbocycles. The van der Waals surface area contributed by atoms with Crippen molar-refractivity contribution in [3.8, 4) is 0 Å². The molecule has 0 radical (unpaired) electrons. The number of benzene rings is 3. The van der Waals surface area contributed by atoms with Crippen molar-refractivity contribution in [2.75, 3.05) is 20.1 Å². The minimum atomic E-state index is -0.792. The van der Waals surface area contributed by atoms with Crippen molar-refractivity contribution in [1.29, 1.82) is 0 Å². The largest absolute Gasteiger partial charge is 0.481 e. The highest BCUT2D eigenvalue weighted by Gasteiger charge is 2.39. The molecule has 1 aliphatic rings. The van der Waals surface area contributed by atoms with Crippen LogP contribution in [0.5, 0.6) is 0 Å². The van der Waals surface area contributed by atoms with Gasteiger partial charge in [0.2, 0.25) is 0 Å². The van der Waals surface area contributed by atoms with E-state index in [4.69, 9.17) is 23.2 Å². The third kappa shape index (κ3) is 7.76. The number of carbonyl (C=O) groups is 2. The minimum Gasteiger partial charge on any atom is -0.481 e. The second-order valence-electron chi connectivity index (χ2n) is 10.1. The molecule has 0 atom stereocenters. The van der Waals surface area contributed by atoms with Crippen molar-refractivity contribution in [2.24, 2.45) is 0 Å². The number of unbranched alkanes of at least 4 members (excludes halogenated alkanes) is 1. The molecule has 3 aromatic carbocycles. The fourth-order valence-electron chi connectivity index (χ4n) is 5.46. The van der Waals surface area contributed by atoms with Crippen molar-refractivity contribution in [1.82, 2.24) is 10.0 Å². The van der Waals surface area contributed by atoms with Crippen molar-refractivity contribution in [3.63, 3.8) is 0 Å². The summed E-state index contributed by atoms with van der Waals surface area (Å²) in [5, 5.41) is 14.5. The van der Waals surface area contributed by atoms with Gasteiger partial charge >= 0.3 is 5.97 Å². The first-order valence-electron chi connectivity index (χ1n) is 13.1. The molecule has 0 unspecified atom stereocenters. The van der Waals surface area contributed by atoms with Gasteiger partial charge in [-0.2, -0.15) is 0 Å². The van der Waals surface area contributed by atoms with Crippen molar-refractivity contribution in [3.05, 3.63) is 105 Å². The van der Waals surface area contributed by atoms with Crippen LogP contribution >= 0.6 is 35.6 Å². The van der Waals surface area contributed by atoms with Crippen LogP contribution < -0.4 is 0 Å². The lowest BCUT2D eigenvalue weighted by molar-refractivity contribution is -0.139. The van der Waals surface area contributed by atoms with E-state index < -0.39 is 11.4 Å². The van der Waals surface area contributed by atoms with Crippen molar-refractivity contribution >= 4 is 47.5 Å². The van der Waals surface area contributed by atoms with Gasteiger partial charge in [-0.25, -0.2) is 5.01 Å². The molecule has 3 aromatic rings. The number of amides is 1. The Morgan fingerprint density at radius 2 is 1.54 bits per heavy atom. The summed E-state index contributed by atoms with van der Waals surface area (Å²) in [7, 11) is 1.82. The highest BCUT2D eigenvalue weighted by atomic mass is 35.5. The summed E-state index contributed by atoms with van der Waals surface area (Å²) < 4.78 is 0. The molecule has 1 saturated heterocycles. The van der Waals surface area contributed by atoms with Crippen LogP contribution in [-0.4, -0.2) is 47.1 Å². The third-order valence-electron chi connectivity index (χ3n) is 7.68. The predicted molar refractivity (Wildman–Crippen MR) is 160 cm³/mol. The highest BCUT2D eigenvalue weighted by molar-refractivity contribution is 6.42. The number of piperidine rings is 1. The maximum Gasteiger partial charge on any atom is 0.304 e. The Balaban J connectivity index is 0.00000420. The van der Waals surface area contributed by atoms with Gasteiger partial charge in [0.25, 0.3) is 5.91 Å². The van der Waals surface area contributed by atoms with Gasteiger partial charge < -0.3 is 5.11 Å². The number of carbonyl (C=O) groups excluding carboxylic acids is 1. The SMILES string of the molecule is CN(C(=O)c1ccccc1CCCCc1ccc(Cl)c(Cl)c1)N1CCC(CC(=O)O)(c2ccccc2)CC1.Cl. The molecule has 5 nitrogen and oxygen atoms in total. The monoisotopic (exact) mass is 588 g/mol. The molecule has 1 fully saturated rings. The molecule has 208 valence electrons. The molecule has 1 amide bonds. The zero-order valence-electron chi connectivity index (χ0n) is 22.1. The van der Waals surface area contributed by atoms with E-state index in [0.717, 1.165) is 47.9 Å². The smallest absolute Gasteiger partial charge is 0.304 e. The number of hydrazine groups is 1. The number of hydrogen-bond acceptors (Lipinski definition) is 3. The Morgan fingerprint density at radius 1 is 0.897 bits per heavy atom. The summed E-state index contributed by atoms with van der Waals surface area (Å²) in [6.07, 6.45) is 5.09. The molecule has 0 spiro atoms. The van der Waals surface area contributed by atoms with Gasteiger partial charge in [0, 0.05) is 31.1 Å². The van der Waals surface area contributed by atoms with Gasteiger partial charge in [-0.15, -0.1) is 12.4 Å². The molecule has 8 heteroatoms. The second kappa shape index (κ2) is 14.2. The average Bonchev–Trinajstić information content (AvgIpc) is 2.93. The molecule has 0 saturated carbocycles. The molecular weight excluding hydrogens is 555 g/mol. The quantitative estimate of drug-likeness (QED) is 0.249. The summed E-state index contributed by atoms with van der Waals surface area (Å²) in [6.45, 7) is 1.24. The standard InChI is InChI=1S/C31H34Cl2N2O3.ClH/c1-34(35-19-17-31(18-20-35,22-29(36)37)25-12-3-2-4-13-25)30(38)26-14-8-7-11-24(26)10-6-5-9-23-15-16-27(32)28(33)21-23;/h2-4,7-8,11-16,21H,5-6,9-10,17-20,22H2,1H3,(H,36,37);1H. The fourth-order valence-corrected chi connectivity index (χ4v) is 5.78. The van der Waals surface area contributed by atoms with Gasteiger partial charge in [0.05, 0.1) is 16.5 Å². The van der Waals surface area contributed by atoms with E-state index in [9.17, 15) is 14.7 Å². The van der Waals surface area contributed by atoms with Crippen LogP contribution in [0.1, 0.15) is 59.2 Å². The molecule has 1 N–H and O–H groups in total. The summed E-state index contributed by atoms with van der Waals surface area (Å²) in [5.41, 5.74) is 3.56. The van der Waals surface area contributed by atoms with Gasteiger partial charge in [-0.1, -0.05) is 77.8 Å². The summed E-state index contributed by atoms with van der Waals surface area (Å²) >= 11 is 12.2. The Kier molecular flexibility index (Phi) is 11.3. The Hall–Kier alpha value is -2.57. The maximum atomic E-state index is 13.6. The lowest BCUT2D eigenvalue weighted by atomic mass is 9.70. The number of carboxylic acid groups (broad SMARTS) is 1. The number of aliphatic carboxylic acids is 1. The van der Waals surface area contributed by atoms with E-state index in [0.29, 0.717) is 36.0 Å².